The van der Waals surface area contributed by atoms with E-state index in [1.54, 1.807) is 24.3 Å². The minimum absolute atomic E-state index is 0.00138. The highest BCUT2D eigenvalue weighted by Gasteiger charge is 2.28. The zero-order chi connectivity index (χ0) is 21.0. The van der Waals surface area contributed by atoms with Gasteiger partial charge in [-0.25, -0.2) is 0 Å². The van der Waals surface area contributed by atoms with E-state index in [1.807, 2.05) is 30.0 Å². The minimum atomic E-state index is -0.178. The van der Waals surface area contributed by atoms with Crippen LogP contribution in [-0.4, -0.2) is 29.8 Å². The van der Waals surface area contributed by atoms with Crippen molar-refractivity contribution in [3.8, 4) is 0 Å². The van der Waals surface area contributed by atoms with Crippen LogP contribution in [0.2, 0.25) is 5.02 Å². The first-order valence-corrected chi connectivity index (χ1v) is 10.3. The Balaban J connectivity index is 1.94. The molecule has 2 amide bonds. The molecule has 3 rings (SSSR count). The number of anilines is 2. The lowest BCUT2D eigenvalue weighted by atomic mass is 10.0. The fraction of sp³-hybridized carbons (Fsp3) is 0.304. The van der Waals surface area contributed by atoms with E-state index in [2.05, 4.69) is 24.5 Å². The van der Waals surface area contributed by atoms with Gasteiger partial charge < -0.3 is 15.5 Å². The van der Waals surface area contributed by atoms with Crippen LogP contribution in [0.5, 0.6) is 0 Å². The third kappa shape index (κ3) is 4.62. The number of allylic oxidation sites excluding steroid dienone is 1. The Bertz CT molecular complexity index is 945. The highest BCUT2D eigenvalue weighted by molar-refractivity contribution is 6.32. The van der Waals surface area contributed by atoms with Crippen molar-refractivity contribution in [3.63, 3.8) is 0 Å². The Morgan fingerprint density at radius 1 is 1.07 bits per heavy atom. The number of rotatable bonds is 7. The average Bonchev–Trinajstić information content (AvgIpc) is 3.04. The van der Waals surface area contributed by atoms with Crippen LogP contribution in [0.15, 0.2) is 48.2 Å². The molecule has 1 aliphatic heterocycles. The van der Waals surface area contributed by atoms with Gasteiger partial charge in [-0.1, -0.05) is 25.4 Å². The van der Waals surface area contributed by atoms with Crippen LogP contribution in [0.4, 0.5) is 11.4 Å². The molecule has 0 bridgehead atoms. The van der Waals surface area contributed by atoms with Crippen molar-refractivity contribution in [1.29, 1.82) is 0 Å². The van der Waals surface area contributed by atoms with Crippen molar-refractivity contribution in [3.05, 3.63) is 64.3 Å². The zero-order valence-electron chi connectivity index (χ0n) is 17.0. The highest BCUT2D eigenvalue weighted by Crippen LogP contribution is 2.35. The molecule has 152 valence electrons. The molecule has 2 N–H and O–H groups in total. The monoisotopic (exact) mass is 411 g/mol. The second-order valence-electron chi connectivity index (χ2n) is 7.14. The molecule has 0 aromatic heterocycles. The largest absolute Gasteiger partial charge is 0.358 e. The van der Waals surface area contributed by atoms with Crippen LogP contribution >= 0.6 is 11.6 Å². The van der Waals surface area contributed by atoms with Crippen molar-refractivity contribution >= 4 is 40.4 Å². The standard InChI is InChI=1S/C23H26ClN3O2/c1-4-12-27(13-5-2)23(29)16-6-11-20-19(14-16)21(22(28)26-20)15(3)25-18-9-7-17(24)8-10-18/h6-11,14,25H,4-5,12-13H2,1-3H3,(H,26,28). The summed E-state index contributed by atoms with van der Waals surface area (Å²) in [6, 6.07) is 12.7. The molecule has 0 radical (unpaired) electrons. The Morgan fingerprint density at radius 2 is 1.72 bits per heavy atom. The summed E-state index contributed by atoms with van der Waals surface area (Å²) in [5.74, 6) is -0.180. The van der Waals surface area contributed by atoms with E-state index in [4.69, 9.17) is 11.6 Å². The predicted molar refractivity (Wildman–Crippen MR) is 119 cm³/mol. The van der Waals surface area contributed by atoms with E-state index in [0.717, 1.165) is 42.9 Å². The second kappa shape index (κ2) is 9.14. The minimum Gasteiger partial charge on any atom is -0.358 e. The molecule has 29 heavy (non-hydrogen) atoms. The zero-order valence-corrected chi connectivity index (χ0v) is 17.8. The lowest BCUT2D eigenvalue weighted by Crippen LogP contribution is -2.32. The Hall–Kier alpha value is -2.79. The maximum absolute atomic E-state index is 13.0. The molecule has 0 saturated heterocycles. The van der Waals surface area contributed by atoms with Crippen LogP contribution in [-0.2, 0) is 4.79 Å². The van der Waals surface area contributed by atoms with Crippen molar-refractivity contribution in [2.24, 2.45) is 0 Å². The summed E-state index contributed by atoms with van der Waals surface area (Å²) in [7, 11) is 0. The summed E-state index contributed by atoms with van der Waals surface area (Å²) in [6.07, 6.45) is 1.82. The maximum atomic E-state index is 13.0. The fourth-order valence-electron chi connectivity index (χ4n) is 3.52. The van der Waals surface area contributed by atoms with E-state index >= 15 is 0 Å². The van der Waals surface area contributed by atoms with Crippen LogP contribution < -0.4 is 10.6 Å². The molecule has 1 aliphatic rings. The molecule has 1 heterocycles. The molecule has 0 unspecified atom stereocenters. The molecule has 0 fully saturated rings. The summed E-state index contributed by atoms with van der Waals surface area (Å²) in [5, 5.41) is 6.80. The Labute approximate surface area is 176 Å². The first kappa shape index (κ1) is 20.9. The van der Waals surface area contributed by atoms with Crippen LogP contribution in [0.3, 0.4) is 0 Å². The van der Waals surface area contributed by atoms with Gasteiger partial charge in [0.2, 0.25) is 0 Å². The highest BCUT2D eigenvalue weighted by atomic mass is 35.5. The van der Waals surface area contributed by atoms with E-state index in [1.165, 1.54) is 0 Å². The van der Waals surface area contributed by atoms with E-state index in [9.17, 15) is 9.59 Å². The van der Waals surface area contributed by atoms with Crippen LogP contribution in [0, 0.1) is 0 Å². The van der Waals surface area contributed by atoms with Crippen molar-refractivity contribution < 1.29 is 9.59 Å². The van der Waals surface area contributed by atoms with Crippen LogP contribution in [0.25, 0.3) is 5.57 Å². The van der Waals surface area contributed by atoms with Gasteiger partial charge in [-0.15, -0.1) is 0 Å². The maximum Gasteiger partial charge on any atom is 0.258 e. The summed E-state index contributed by atoms with van der Waals surface area (Å²) < 4.78 is 0. The summed E-state index contributed by atoms with van der Waals surface area (Å²) in [4.78, 5) is 27.5. The fourth-order valence-corrected chi connectivity index (χ4v) is 3.65. The summed E-state index contributed by atoms with van der Waals surface area (Å²) >= 11 is 5.94. The van der Waals surface area contributed by atoms with E-state index in [0.29, 0.717) is 21.9 Å². The molecule has 2 aromatic carbocycles. The first-order valence-electron chi connectivity index (χ1n) is 9.93. The second-order valence-corrected chi connectivity index (χ2v) is 7.58. The molecular formula is C23H26ClN3O2. The van der Waals surface area contributed by atoms with Crippen LogP contribution in [0.1, 0.15) is 49.5 Å². The van der Waals surface area contributed by atoms with Gasteiger partial charge in [0, 0.05) is 46.3 Å². The first-order chi connectivity index (χ1) is 13.9. The number of carbonyl (C=O) groups is 2. The Morgan fingerprint density at radius 3 is 2.34 bits per heavy atom. The smallest absolute Gasteiger partial charge is 0.258 e. The van der Waals surface area contributed by atoms with Gasteiger partial charge in [-0.05, 0) is 62.2 Å². The molecular weight excluding hydrogens is 386 g/mol. The molecule has 6 heteroatoms. The van der Waals surface area contributed by atoms with Gasteiger partial charge in [0.05, 0.1) is 5.57 Å². The van der Waals surface area contributed by atoms with Gasteiger partial charge in [0.25, 0.3) is 11.8 Å². The third-order valence-corrected chi connectivity index (χ3v) is 5.09. The molecule has 5 nitrogen and oxygen atoms in total. The van der Waals surface area contributed by atoms with Gasteiger partial charge in [-0.2, -0.15) is 0 Å². The number of halogens is 1. The van der Waals surface area contributed by atoms with Gasteiger partial charge >= 0.3 is 0 Å². The van der Waals surface area contributed by atoms with Gasteiger partial charge in [0.1, 0.15) is 0 Å². The number of hydrogen-bond acceptors (Lipinski definition) is 3. The normalized spacial score (nSPS) is 14.3. The van der Waals surface area contributed by atoms with E-state index in [-0.39, 0.29) is 11.8 Å². The van der Waals surface area contributed by atoms with Gasteiger partial charge in [0.15, 0.2) is 0 Å². The summed E-state index contributed by atoms with van der Waals surface area (Å²) in [6.45, 7) is 7.43. The Kier molecular flexibility index (Phi) is 6.60. The lowest BCUT2D eigenvalue weighted by Gasteiger charge is -2.21. The molecule has 0 spiro atoms. The number of nitrogens with zero attached hydrogens (tertiary/aromatic N) is 1. The number of amides is 2. The van der Waals surface area contributed by atoms with Crippen molar-refractivity contribution in [1.82, 2.24) is 4.90 Å². The molecule has 0 saturated carbocycles. The van der Waals surface area contributed by atoms with Gasteiger partial charge in [-0.3, -0.25) is 9.59 Å². The number of carbonyl (C=O) groups excluding carboxylic acids is 2. The topological polar surface area (TPSA) is 61.4 Å². The average molecular weight is 412 g/mol. The molecule has 0 atom stereocenters. The SMILES string of the molecule is CCCN(CCC)C(=O)c1ccc2c(c1)C(=C(C)Nc1ccc(Cl)cc1)C(=O)N2. The quantitative estimate of drug-likeness (QED) is 0.600. The van der Waals surface area contributed by atoms with Crippen molar-refractivity contribution in [2.75, 3.05) is 23.7 Å². The number of benzene rings is 2. The number of hydrogen-bond donors (Lipinski definition) is 2. The third-order valence-electron chi connectivity index (χ3n) is 4.84. The lowest BCUT2D eigenvalue weighted by molar-refractivity contribution is -0.110. The van der Waals surface area contributed by atoms with E-state index < -0.39 is 0 Å². The predicted octanol–water partition coefficient (Wildman–Crippen LogP) is 5.40. The molecule has 2 aromatic rings. The summed E-state index contributed by atoms with van der Waals surface area (Å²) in [5.41, 5.74) is 4.15. The number of fused-ring (bicyclic) bond motifs is 1. The molecule has 0 aliphatic carbocycles. The number of nitrogens with one attached hydrogen (secondary N) is 2. The van der Waals surface area contributed by atoms with Crippen molar-refractivity contribution in [2.45, 2.75) is 33.6 Å².